The Morgan fingerprint density at radius 3 is 2.53 bits per heavy atom. The number of nitrogens with one attached hydrogen (secondary N) is 1. The van der Waals surface area contributed by atoms with Crippen molar-refractivity contribution in [1.82, 2.24) is 4.72 Å². The maximum Gasteiger partial charge on any atom is 0.371 e. The van der Waals surface area contributed by atoms with Crippen LogP contribution in [-0.4, -0.2) is 38.6 Å². The molecule has 19 heavy (non-hydrogen) atoms. The van der Waals surface area contributed by atoms with Crippen LogP contribution in [0, 0.1) is 0 Å². The molecular weight excluding hydrogens is 346 g/mol. The Labute approximate surface area is 116 Å². The molecule has 0 radical (unpaired) electrons. The minimum absolute atomic E-state index is 0.269. The van der Waals surface area contributed by atoms with Gasteiger partial charge in [0.1, 0.15) is 10.9 Å². The molecule has 0 amide bonds. The number of methoxy groups -OCH3 is 1. The number of hydrogen-bond donors (Lipinski definition) is 2. The van der Waals surface area contributed by atoms with Crippen molar-refractivity contribution in [1.29, 1.82) is 0 Å². The van der Waals surface area contributed by atoms with Gasteiger partial charge in [-0.3, -0.25) is 4.79 Å². The van der Waals surface area contributed by atoms with E-state index < -0.39 is 38.7 Å². The van der Waals surface area contributed by atoms with E-state index in [-0.39, 0.29) is 4.67 Å². The van der Waals surface area contributed by atoms with E-state index in [1.54, 1.807) is 0 Å². The second-order valence-electron chi connectivity index (χ2n) is 3.42. The van der Waals surface area contributed by atoms with E-state index >= 15 is 0 Å². The lowest BCUT2D eigenvalue weighted by atomic mass is 10.4. The summed E-state index contributed by atoms with van der Waals surface area (Å²) in [7, 11) is -3.00. The molecule has 1 heterocycles. The van der Waals surface area contributed by atoms with Gasteiger partial charge in [-0.2, -0.15) is 4.72 Å². The topological polar surface area (TPSA) is 123 Å². The summed E-state index contributed by atoms with van der Waals surface area (Å²) in [4.78, 5) is 21.4. The van der Waals surface area contributed by atoms with Gasteiger partial charge >= 0.3 is 11.9 Å². The number of esters is 1. The molecule has 0 bridgehead atoms. The van der Waals surface area contributed by atoms with Crippen molar-refractivity contribution in [3.63, 3.8) is 0 Å². The first-order chi connectivity index (χ1) is 8.69. The predicted molar refractivity (Wildman–Crippen MR) is 65.2 cm³/mol. The van der Waals surface area contributed by atoms with Gasteiger partial charge < -0.3 is 14.3 Å². The average molecular weight is 356 g/mol. The van der Waals surface area contributed by atoms with Crippen LogP contribution in [0.2, 0.25) is 0 Å². The molecule has 0 aliphatic rings. The molecule has 0 spiro atoms. The number of carbonyl (C=O) groups is 2. The molecule has 0 saturated carbocycles. The molecule has 0 saturated heterocycles. The highest BCUT2D eigenvalue weighted by Gasteiger charge is 2.28. The van der Waals surface area contributed by atoms with Crippen LogP contribution in [0.3, 0.4) is 0 Å². The van der Waals surface area contributed by atoms with Crippen molar-refractivity contribution < 1.29 is 32.3 Å². The highest BCUT2D eigenvalue weighted by atomic mass is 79.9. The van der Waals surface area contributed by atoms with Gasteiger partial charge in [-0.1, -0.05) is 0 Å². The molecule has 1 rings (SSSR count). The Kier molecular flexibility index (Phi) is 4.71. The molecule has 1 aromatic rings. The quantitative estimate of drug-likeness (QED) is 0.740. The van der Waals surface area contributed by atoms with Gasteiger partial charge in [-0.05, 0) is 22.9 Å². The monoisotopic (exact) mass is 355 g/mol. The lowest BCUT2D eigenvalue weighted by Gasteiger charge is -2.10. The largest absolute Gasteiger partial charge is 0.475 e. The van der Waals surface area contributed by atoms with E-state index in [0.717, 1.165) is 13.2 Å². The minimum Gasteiger partial charge on any atom is -0.475 e. The fourth-order valence-electron chi connectivity index (χ4n) is 1.16. The van der Waals surface area contributed by atoms with E-state index in [0.29, 0.717) is 0 Å². The lowest BCUT2D eigenvalue weighted by molar-refractivity contribution is -0.142. The normalized spacial score (nSPS) is 13.0. The molecule has 10 heteroatoms. The molecule has 0 fully saturated rings. The van der Waals surface area contributed by atoms with Crippen molar-refractivity contribution in [3.8, 4) is 0 Å². The summed E-state index contributed by atoms with van der Waals surface area (Å²) in [6, 6.07) is -0.288. The van der Waals surface area contributed by atoms with Crippen LogP contribution in [0.5, 0.6) is 0 Å². The second-order valence-corrected chi connectivity index (χ2v) is 5.82. The summed E-state index contributed by atoms with van der Waals surface area (Å²) < 4.78 is 34.7. The molecule has 106 valence electrons. The number of furan rings is 1. The number of halogens is 1. The maximum absolute atomic E-state index is 11.9. The maximum atomic E-state index is 11.9. The van der Waals surface area contributed by atoms with Gasteiger partial charge in [0.15, 0.2) is 4.67 Å². The number of carbonyl (C=O) groups excluding carboxylic acids is 1. The highest BCUT2D eigenvalue weighted by molar-refractivity contribution is 9.10. The second kappa shape index (κ2) is 5.72. The van der Waals surface area contributed by atoms with Gasteiger partial charge in [0, 0.05) is 6.07 Å². The summed E-state index contributed by atoms with van der Waals surface area (Å²) in [5.41, 5.74) is 0. The Hall–Kier alpha value is -1.39. The Morgan fingerprint density at radius 1 is 1.53 bits per heavy atom. The van der Waals surface area contributed by atoms with Gasteiger partial charge in [-0.25, -0.2) is 13.2 Å². The van der Waals surface area contributed by atoms with Gasteiger partial charge in [0.2, 0.25) is 15.8 Å². The molecular formula is C9H10BrNO7S. The number of carboxylic acid groups (broad SMARTS) is 1. The first-order valence-corrected chi connectivity index (χ1v) is 7.09. The zero-order chi connectivity index (χ0) is 14.8. The molecule has 1 atom stereocenters. The van der Waals surface area contributed by atoms with Crippen LogP contribution in [0.1, 0.15) is 17.5 Å². The van der Waals surface area contributed by atoms with Crippen LogP contribution in [0.4, 0.5) is 0 Å². The third kappa shape index (κ3) is 3.55. The molecule has 2 N–H and O–H groups in total. The summed E-state index contributed by atoms with van der Waals surface area (Å²) in [6.07, 6.45) is 0. The third-order valence-electron chi connectivity index (χ3n) is 2.04. The van der Waals surface area contributed by atoms with Crippen molar-refractivity contribution in [2.75, 3.05) is 7.11 Å². The Bertz CT molecular complexity index is 606. The Balaban J connectivity index is 3.07. The van der Waals surface area contributed by atoms with Crippen molar-refractivity contribution >= 4 is 37.9 Å². The standard InChI is InChI=1S/C9H10BrNO7S/c1-4(9(14)17-2)11-19(15,16)6-3-5(8(12)13)18-7(6)10/h3-4,11H,1-2H3,(H,12,13). The zero-order valence-electron chi connectivity index (χ0n) is 9.84. The number of ether oxygens (including phenoxy) is 1. The first-order valence-electron chi connectivity index (χ1n) is 4.82. The van der Waals surface area contributed by atoms with E-state index in [1.807, 2.05) is 4.72 Å². The number of carboxylic acids is 1. The molecule has 0 aliphatic carbocycles. The number of rotatable bonds is 5. The van der Waals surface area contributed by atoms with E-state index in [2.05, 4.69) is 20.7 Å². The summed E-state index contributed by atoms with van der Waals surface area (Å²) in [6.45, 7) is 1.29. The van der Waals surface area contributed by atoms with Crippen LogP contribution >= 0.6 is 15.9 Å². The molecule has 0 aromatic carbocycles. The number of hydrogen-bond acceptors (Lipinski definition) is 6. The molecule has 0 aliphatic heterocycles. The van der Waals surface area contributed by atoms with Gasteiger partial charge in [-0.15, -0.1) is 0 Å². The zero-order valence-corrected chi connectivity index (χ0v) is 12.2. The molecule has 1 aromatic heterocycles. The van der Waals surface area contributed by atoms with Crippen molar-refractivity contribution in [3.05, 3.63) is 16.5 Å². The van der Waals surface area contributed by atoms with Crippen LogP contribution in [0.15, 0.2) is 20.0 Å². The minimum atomic E-state index is -4.11. The average Bonchev–Trinajstić information content (AvgIpc) is 2.70. The van der Waals surface area contributed by atoms with Crippen LogP contribution in [-0.2, 0) is 19.6 Å². The van der Waals surface area contributed by atoms with Crippen molar-refractivity contribution in [2.24, 2.45) is 0 Å². The van der Waals surface area contributed by atoms with Gasteiger partial charge in [0.25, 0.3) is 0 Å². The summed E-state index contributed by atoms with van der Waals surface area (Å²) in [5.74, 6) is -2.73. The highest BCUT2D eigenvalue weighted by Crippen LogP contribution is 2.26. The number of aromatic carboxylic acids is 1. The SMILES string of the molecule is COC(=O)C(C)NS(=O)(=O)c1cc(C(=O)O)oc1Br. The molecule has 1 unspecified atom stereocenters. The fourth-order valence-corrected chi connectivity index (χ4v) is 3.29. The Morgan fingerprint density at radius 2 is 2.11 bits per heavy atom. The van der Waals surface area contributed by atoms with E-state index in [1.165, 1.54) is 6.92 Å². The van der Waals surface area contributed by atoms with Crippen LogP contribution in [0.25, 0.3) is 0 Å². The number of sulfonamides is 1. The van der Waals surface area contributed by atoms with Crippen molar-refractivity contribution in [2.45, 2.75) is 17.9 Å². The fraction of sp³-hybridized carbons (Fsp3) is 0.333. The third-order valence-corrected chi connectivity index (χ3v) is 4.44. The summed E-state index contributed by atoms with van der Waals surface area (Å²) >= 11 is 2.80. The van der Waals surface area contributed by atoms with E-state index in [4.69, 9.17) is 9.52 Å². The smallest absolute Gasteiger partial charge is 0.371 e. The van der Waals surface area contributed by atoms with E-state index in [9.17, 15) is 18.0 Å². The summed E-state index contributed by atoms with van der Waals surface area (Å²) in [5, 5.41) is 8.69. The predicted octanol–water partition coefficient (Wildman–Crippen LogP) is 0.580. The van der Waals surface area contributed by atoms with Crippen LogP contribution < -0.4 is 4.72 Å². The van der Waals surface area contributed by atoms with Gasteiger partial charge in [0.05, 0.1) is 7.11 Å². The first kappa shape index (κ1) is 15.7. The molecule has 8 nitrogen and oxygen atoms in total. The lowest BCUT2D eigenvalue weighted by Crippen LogP contribution is -2.39.